The lowest BCUT2D eigenvalue weighted by Gasteiger charge is -2.31. The number of nitrogens with zero attached hydrogens (tertiary/aromatic N) is 3. The summed E-state index contributed by atoms with van der Waals surface area (Å²) in [5, 5.41) is 12.6. The molecule has 2 heterocycles. The molecule has 0 saturated carbocycles. The van der Waals surface area contributed by atoms with E-state index in [0.717, 1.165) is 36.7 Å². The summed E-state index contributed by atoms with van der Waals surface area (Å²) in [7, 11) is 0. The van der Waals surface area contributed by atoms with Crippen molar-refractivity contribution >= 4 is 23.3 Å². The number of aromatic nitrogens is 2. The lowest BCUT2D eigenvalue weighted by molar-refractivity contribution is -0.141. The summed E-state index contributed by atoms with van der Waals surface area (Å²) in [6, 6.07) is 9.97. The molecule has 0 amide bonds. The predicted octanol–water partition coefficient (Wildman–Crippen LogP) is 3.14. The van der Waals surface area contributed by atoms with E-state index in [9.17, 15) is 9.90 Å². The van der Waals surface area contributed by atoms with Crippen LogP contribution in [0.5, 0.6) is 0 Å². The van der Waals surface area contributed by atoms with Crippen LogP contribution in [0.2, 0.25) is 0 Å². The van der Waals surface area contributed by atoms with Crippen LogP contribution in [0.25, 0.3) is 0 Å². The molecule has 0 bridgehead atoms. The Morgan fingerprint density at radius 2 is 2.12 bits per heavy atom. The number of benzene rings is 1. The van der Waals surface area contributed by atoms with E-state index in [1.807, 2.05) is 43.0 Å². The second-order valence-electron chi connectivity index (χ2n) is 6.28. The fraction of sp³-hybridized carbons (Fsp3) is 0.389. The monoisotopic (exact) mass is 326 g/mol. The lowest BCUT2D eigenvalue weighted by Crippen LogP contribution is -2.39. The molecule has 1 atom stereocenters. The summed E-state index contributed by atoms with van der Waals surface area (Å²) in [6.45, 7) is 5.21. The zero-order valence-corrected chi connectivity index (χ0v) is 14.0. The molecule has 126 valence electrons. The Morgan fingerprint density at radius 1 is 1.29 bits per heavy atom. The predicted molar refractivity (Wildman–Crippen MR) is 93.8 cm³/mol. The van der Waals surface area contributed by atoms with E-state index in [4.69, 9.17) is 0 Å². The van der Waals surface area contributed by atoms with Gasteiger partial charge in [-0.05, 0) is 44.4 Å². The number of hydrogen-bond donors (Lipinski definition) is 2. The average molecular weight is 326 g/mol. The van der Waals surface area contributed by atoms with Crippen molar-refractivity contribution in [1.82, 2.24) is 9.97 Å². The smallest absolute Gasteiger partial charge is 0.308 e. The van der Waals surface area contributed by atoms with Gasteiger partial charge in [0.1, 0.15) is 17.5 Å². The van der Waals surface area contributed by atoms with Gasteiger partial charge in [0.15, 0.2) is 0 Å². The van der Waals surface area contributed by atoms with Crippen molar-refractivity contribution in [3.63, 3.8) is 0 Å². The number of carboxylic acids is 1. The topological polar surface area (TPSA) is 78.4 Å². The molecule has 6 heteroatoms. The number of piperidine rings is 1. The van der Waals surface area contributed by atoms with Crippen LogP contribution in [0.1, 0.15) is 24.2 Å². The van der Waals surface area contributed by atoms with E-state index in [1.165, 1.54) is 5.56 Å². The highest BCUT2D eigenvalue weighted by Gasteiger charge is 2.26. The molecule has 6 nitrogen and oxygen atoms in total. The van der Waals surface area contributed by atoms with Gasteiger partial charge in [0.25, 0.3) is 0 Å². The minimum atomic E-state index is -0.733. The first-order valence-corrected chi connectivity index (χ1v) is 8.18. The van der Waals surface area contributed by atoms with E-state index in [0.29, 0.717) is 12.4 Å². The molecule has 24 heavy (non-hydrogen) atoms. The summed E-state index contributed by atoms with van der Waals surface area (Å²) in [6.07, 6.45) is 1.59. The maximum atomic E-state index is 11.3. The number of hydrogen-bond acceptors (Lipinski definition) is 5. The Balaban J connectivity index is 1.82. The molecule has 0 aliphatic carbocycles. The van der Waals surface area contributed by atoms with Crippen LogP contribution >= 0.6 is 0 Å². The van der Waals surface area contributed by atoms with Gasteiger partial charge in [-0.15, -0.1) is 0 Å². The molecule has 1 saturated heterocycles. The highest BCUT2D eigenvalue weighted by molar-refractivity contribution is 5.71. The standard InChI is InChI=1S/C18H22N4O2/c1-12-5-3-7-15(9-12)21-16-10-17(20-13(2)19-16)22-8-4-6-14(11-22)18(23)24/h3,5,7,9-10,14H,4,6,8,11H2,1-2H3,(H,23,24)(H,19,20,21)/t14-/m0/s1. The van der Waals surface area contributed by atoms with Gasteiger partial charge >= 0.3 is 5.97 Å². The van der Waals surface area contributed by atoms with Crippen LogP contribution in [-0.2, 0) is 4.79 Å². The zero-order chi connectivity index (χ0) is 17.1. The van der Waals surface area contributed by atoms with Gasteiger partial charge in [-0.1, -0.05) is 12.1 Å². The molecule has 0 radical (unpaired) electrons. The normalized spacial score (nSPS) is 17.6. The van der Waals surface area contributed by atoms with Crippen LogP contribution < -0.4 is 10.2 Å². The third-order valence-corrected chi connectivity index (χ3v) is 4.21. The quantitative estimate of drug-likeness (QED) is 0.899. The highest BCUT2D eigenvalue weighted by Crippen LogP contribution is 2.25. The van der Waals surface area contributed by atoms with Gasteiger partial charge in [-0.25, -0.2) is 9.97 Å². The van der Waals surface area contributed by atoms with E-state index in [1.54, 1.807) is 0 Å². The number of aliphatic carboxylic acids is 1. The fourth-order valence-electron chi connectivity index (χ4n) is 3.04. The number of nitrogens with one attached hydrogen (secondary N) is 1. The molecule has 0 spiro atoms. The van der Waals surface area contributed by atoms with Gasteiger partial charge in [-0.3, -0.25) is 4.79 Å². The van der Waals surface area contributed by atoms with Crippen molar-refractivity contribution < 1.29 is 9.90 Å². The maximum Gasteiger partial charge on any atom is 0.308 e. The first kappa shape index (κ1) is 16.2. The number of aryl methyl sites for hydroxylation is 2. The summed E-state index contributed by atoms with van der Waals surface area (Å²) < 4.78 is 0. The molecule has 1 fully saturated rings. The molecule has 0 unspecified atom stereocenters. The van der Waals surface area contributed by atoms with Crippen LogP contribution in [0.15, 0.2) is 30.3 Å². The van der Waals surface area contributed by atoms with Crippen molar-refractivity contribution in [3.05, 3.63) is 41.7 Å². The molecule has 1 aromatic heterocycles. The Kier molecular flexibility index (Phi) is 4.64. The van der Waals surface area contributed by atoms with Gasteiger partial charge < -0.3 is 15.3 Å². The van der Waals surface area contributed by atoms with Crippen LogP contribution in [0.3, 0.4) is 0 Å². The first-order valence-electron chi connectivity index (χ1n) is 8.18. The SMILES string of the molecule is Cc1cccc(Nc2cc(N3CCC[C@H](C(=O)O)C3)nc(C)n2)c1. The number of carbonyl (C=O) groups is 1. The van der Waals surface area contributed by atoms with Crippen LogP contribution in [0, 0.1) is 19.8 Å². The first-order chi connectivity index (χ1) is 11.5. The Morgan fingerprint density at radius 3 is 2.88 bits per heavy atom. The van der Waals surface area contributed by atoms with Gasteiger partial charge in [0.2, 0.25) is 0 Å². The maximum absolute atomic E-state index is 11.3. The van der Waals surface area contributed by atoms with Crippen LogP contribution in [0.4, 0.5) is 17.3 Å². The largest absolute Gasteiger partial charge is 0.481 e. The van der Waals surface area contributed by atoms with Crippen molar-refractivity contribution in [2.45, 2.75) is 26.7 Å². The zero-order valence-electron chi connectivity index (χ0n) is 14.0. The molecule has 3 rings (SSSR count). The number of rotatable bonds is 4. The molecular formula is C18H22N4O2. The average Bonchev–Trinajstić information content (AvgIpc) is 2.54. The molecule has 1 aromatic carbocycles. The van der Waals surface area contributed by atoms with E-state index in [2.05, 4.69) is 21.4 Å². The third-order valence-electron chi connectivity index (χ3n) is 4.21. The summed E-state index contributed by atoms with van der Waals surface area (Å²) >= 11 is 0. The molecule has 2 N–H and O–H groups in total. The summed E-state index contributed by atoms with van der Waals surface area (Å²) in [4.78, 5) is 22.2. The lowest BCUT2D eigenvalue weighted by atomic mass is 9.98. The Bertz CT molecular complexity index is 748. The highest BCUT2D eigenvalue weighted by atomic mass is 16.4. The summed E-state index contributed by atoms with van der Waals surface area (Å²) in [5.41, 5.74) is 2.15. The summed E-state index contributed by atoms with van der Waals surface area (Å²) in [5.74, 6) is 1.11. The van der Waals surface area contributed by atoms with Crippen molar-refractivity contribution in [2.75, 3.05) is 23.3 Å². The fourth-order valence-corrected chi connectivity index (χ4v) is 3.04. The van der Waals surface area contributed by atoms with Gasteiger partial charge in [-0.2, -0.15) is 0 Å². The van der Waals surface area contributed by atoms with E-state index in [-0.39, 0.29) is 5.92 Å². The molecular weight excluding hydrogens is 304 g/mol. The third kappa shape index (κ3) is 3.82. The van der Waals surface area contributed by atoms with Gasteiger partial charge in [0, 0.05) is 24.8 Å². The Hall–Kier alpha value is -2.63. The second kappa shape index (κ2) is 6.86. The second-order valence-corrected chi connectivity index (χ2v) is 6.28. The molecule has 1 aliphatic rings. The van der Waals surface area contributed by atoms with Crippen molar-refractivity contribution in [1.29, 1.82) is 0 Å². The minimum absolute atomic E-state index is 0.331. The van der Waals surface area contributed by atoms with E-state index >= 15 is 0 Å². The van der Waals surface area contributed by atoms with Crippen LogP contribution in [-0.4, -0.2) is 34.1 Å². The van der Waals surface area contributed by atoms with Crippen molar-refractivity contribution in [3.8, 4) is 0 Å². The molecule has 1 aliphatic heterocycles. The minimum Gasteiger partial charge on any atom is -0.481 e. The van der Waals surface area contributed by atoms with E-state index < -0.39 is 5.97 Å². The molecule has 2 aromatic rings. The number of anilines is 3. The van der Waals surface area contributed by atoms with Gasteiger partial charge in [0.05, 0.1) is 5.92 Å². The Labute approximate surface area is 141 Å². The van der Waals surface area contributed by atoms with Crippen molar-refractivity contribution in [2.24, 2.45) is 5.92 Å². The number of carboxylic acid groups (broad SMARTS) is 1.